The highest BCUT2D eigenvalue weighted by atomic mass is 16.3. The van der Waals surface area contributed by atoms with Gasteiger partial charge in [0.05, 0.1) is 12.3 Å². The van der Waals surface area contributed by atoms with Gasteiger partial charge in [0.15, 0.2) is 0 Å². The summed E-state index contributed by atoms with van der Waals surface area (Å²) < 4.78 is 1.30. The maximum atomic E-state index is 11.7. The highest BCUT2D eigenvalue weighted by Crippen LogP contribution is 2.17. The zero-order valence-corrected chi connectivity index (χ0v) is 12.1. The van der Waals surface area contributed by atoms with Gasteiger partial charge in [0, 0.05) is 6.04 Å². The predicted octanol–water partition coefficient (Wildman–Crippen LogP) is 0.490. The normalized spacial score (nSPS) is 16.7. The van der Waals surface area contributed by atoms with Crippen LogP contribution in [0.2, 0.25) is 0 Å². The Balaban J connectivity index is 1.78. The van der Waals surface area contributed by atoms with Gasteiger partial charge in [-0.3, -0.25) is 10.1 Å². The van der Waals surface area contributed by atoms with Gasteiger partial charge in [0.25, 0.3) is 0 Å². The Morgan fingerprint density at radius 2 is 2.19 bits per heavy atom. The molecule has 116 valence electrons. The lowest BCUT2D eigenvalue weighted by atomic mass is 10.2. The molecule has 0 bridgehead atoms. The number of nitrogens with one attached hydrogen (secondary N) is 2. The van der Waals surface area contributed by atoms with Crippen LogP contribution >= 0.6 is 0 Å². The Bertz CT molecular complexity index is 496. The van der Waals surface area contributed by atoms with Crippen LogP contribution in [0.5, 0.6) is 0 Å². The number of imide groups is 1. The number of nitrogens with zero attached hydrogens (tertiary/aromatic N) is 3. The van der Waals surface area contributed by atoms with Crippen LogP contribution < -0.4 is 10.6 Å². The largest absolute Gasteiger partial charge is 0.387 e. The van der Waals surface area contributed by atoms with E-state index in [1.54, 1.807) is 0 Å². The number of aromatic nitrogens is 3. The van der Waals surface area contributed by atoms with E-state index >= 15 is 0 Å². The van der Waals surface area contributed by atoms with E-state index in [1.165, 1.54) is 10.9 Å². The van der Waals surface area contributed by atoms with Crippen molar-refractivity contribution in [3.05, 3.63) is 11.9 Å². The fourth-order valence-corrected chi connectivity index (χ4v) is 2.36. The highest BCUT2D eigenvalue weighted by Gasteiger charge is 2.18. The van der Waals surface area contributed by atoms with Crippen LogP contribution in [0.15, 0.2) is 6.20 Å². The summed E-state index contributed by atoms with van der Waals surface area (Å²) in [5, 5.41) is 22.2. The van der Waals surface area contributed by atoms with Gasteiger partial charge in [-0.15, -0.1) is 5.10 Å². The molecule has 0 spiro atoms. The second-order valence-corrected chi connectivity index (χ2v) is 5.27. The Kier molecular flexibility index (Phi) is 5.26. The lowest BCUT2D eigenvalue weighted by Gasteiger charge is -2.12. The third-order valence-corrected chi connectivity index (χ3v) is 3.53. The zero-order valence-electron chi connectivity index (χ0n) is 12.1. The molecule has 1 aliphatic carbocycles. The Hall–Kier alpha value is -1.96. The predicted molar refractivity (Wildman–Crippen MR) is 74.2 cm³/mol. The van der Waals surface area contributed by atoms with Gasteiger partial charge in [-0.05, 0) is 19.3 Å². The van der Waals surface area contributed by atoms with Crippen molar-refractivity contribution in [1.29, 1.82) is 0 Å². The molecule has 3 amide bonds. The SMILES string of the molecule is CCC(O)c1cn(CC(=O)NC(=O)NC2CCCC2)nn1. The second kappa shape index (κ2) is 7.16. The number of hydrogen-bond donors (Lipinski definition) is 3. The summed E-state index contributed by atoms with van der Waals surface area (Å²) >= 11 is 0. The molecule has 1 aromatic heterocycles. The number of aliphatic hydroxyl groups excluding tert-OH is 1. The third-order valence-electron chi connectivity index (χ3n) is 3.53. The summed E-state index contributed by atoms with van der Waals surface area (Å²) in [4.78, 5) is 23.4. The topological polar surface area (TPSA) is 109 Å². The quantitative estimate of drug-likeness (QED) is 0.732. The molecule has 21 heavy (non-hydrogen) atoms. The van der Waals surface area contributed by atoms with E-state index in [9.17, 15) is 14.7 Å². The monoisotopic (exact) mass is 295 g/mol. The summed E-state index contributed by atoms with van der Waals surface area (Å²) in [7, 11) is 0. The van der Waals surface area contributed by atoms with Crippen molar-refractivity contribution in [3.8, 4) is 0 Å². The molecule has 1 fully saturated rings. The molecule has 0 aromatic carbocycles. The molecule has 0 aliphatic heterocycles. The van der Waals surface area contributed by atoms with Crippen LogP contribution in [0.4, 0.5) is 4.79 Å². The summed E-state index contributed by atoms with van der Waals surface area (Å²) in [6.07, 6.45) is 5.48. The first-order valence-corrected chi connectivity index (χ1v) is 7.27. The molecular formula is C13H21N5O3. The van der Waals surface area contributed by atoms with Gasteiger partial charge in [-0.1, -0.05) is 25.0 Å². The number of aliphatic hydroxyl groups is 1. The van der Waals surface area contributed by atoms with Crippen LogP contribution in [0, 0.1) is 0 Å². The summed E-state index contributed by atoms with van der Waals surface area (Å²) in [5.41, 5.74) is 0.417. The number of hydrogen-bond acceptors (Lipinski definition) is 5. The van der Waals surface area contributed by atoms with Crippen molar-refractivity contribution in [2.24, 2.45) is 0 Å². The van der Waals surface area contributed by atoms with E-state index in [1.807, 2.05) is 6.92 Å². The lowest BCUT2D eigenvalue weighted by Crippen LogP contribution is -2.44. The van der Waals surface area contributed by atoms with Gasteiger partial charge in [-0.2, -0.15) is 0 Å². The Morgan fingerprint density at radius 1 is 1.48 bits per heavy atom. The molecule has 2 rings (SSSR count). The van der Waals surface area contributed by atoms with Gasteiger partial charge in [-0.25, -0.2) is 9.48 Å². The minimum absolute atomic E-state index is 0.110. The van der Waals surface area contributed by atoms with Crippen molar-refractivity contribution >= 4 is 11.9 Å². The molecule has 1 heterocycles. The van der Waals surface area contributed by atoms with Gasteiger partial charge >= 0.3 is 6.03 Å². The molecule has 0 radical (unpaired) electrons. The average molecular weight is 295 g/mol. The minimum Gasteiger partial charge on any atom is -0.387 e. The molecule has 1 saturated carbocycles. The number of rotatable bonds is 5. The number of urea groups is 1. The van der Waals surface area contributed by atoms with Crippen molar-refractivity contribution < 1.29 is 14.7 Å². The molecule has 1 aliphatic rings. The van der Waals surface area contributed by atoms with E-state index in [4.69, 9.17) is 0 Å². The van der Waals surface area contributed by atoms with E-state index in [-0.39, 0.29) is 12.6 Å². The summed E-state index contributed by atoms with van der Waals surface area (Å²) in [5.74, 6) is -0.465. The van der Waals surface area contributed by atoms with Crippen LogP contribution in [0.3, 0.4) is 0 Å². The molecule has 1 aromatic rings. The lowest BCUT2D eigenvalue weighted by molar-refractivity contribution is -0.120. The van der Waals surface area contributed by atoms with Crippen molar-refractivity contribution in [1.82, 2.24) is 25.6 Å². The Labute approximate surface area is 122 Å². The van der Waals surface area contributed by atoms with E-state index in [2.05, 4.69) is 20.9 Å². The molecule has 3 N–H and O–H groups in total. The van der Waals surface area contributed by atoms with Crippen LogP contribution in [0.1, 0.15) is 50.8 Å². The molecule has 1 atom stereocenters. The van der Waals surface area contributed by atoms with Crippen LogP contribution in [0.25, 0.3) is 0 Å². The first kappa shape index (κ1) is 15.4. The van der Waals surface area contributed by atoms with E-state index in [0.29, 0.717) is 12.1 Å². The van der Waals surface area contributed by atoms with E-state index < -0.39 is 18.0 Å². The second-order valence-electron chi connectivity index (χ2n) is 5.27. The maximum absolute atomic E-state index is 11.7. The molecule has 0 saturated heterocycles. The molecule has 8 nitrogen and oxygen atoms in total. The number of amides is 3. The van der Waals surface area contributed by atoms with Gasteiger partial charge < -0.3 is 10.4 Å². The summed E-state index contributed by atoms with van der Waals surface area (Å²) in [6.45, 7) is 1.71. The maximum Gasteiger partial charge on any atom is 0.321 e. The van der Waals surface area contributed by atoms with Gasteiger partial charge in [0.2, 0.25) is 5.91 Å². The van der Waals surface area contributed by atoms with E-state index in [0.717, 1.165) is 25.7 Å². The standard InChI is InChI=1S/C13H21N5O3/c1-2-11(19)10-7-18(17-16-10)8-12(20)15-13(21)14-9-5-3-4-6-9/h7,9,11,19H,2-6,8H2,1H3,(H2,14,15,20,21). The fourth-order valence-electron chi connectivity index (χ4n) is 2.36. The van der Waals surface area contributed by atoms with Gasteiger partial charge in [0.1, 0.15) is 12.2 Å². The number of carbonyl (C=O) groups is 2. The summed E-state index contributed by atoms with van der Waals surface area (Å²) in [6, 6.07) is -0.309. The smallest absolute Gasteiger partial charge is 0.321 e. The third kappa shape index (κ3) is 4.52. The zero-order chi connectivity index (χ0) is 15.2. The first-order valence-electron chi connectivity index (χ1n) is 7.27. The van der Waals surface area contributed by atoms with Crippen molar-refractivity contribution in [2.75, 3.05) is 0 Å². The first-order chi connectivity index (χ1) is 10.1. The minimum atomic E-state index is -0.688. The highest BCUT2D eigenvalue weighted by molar-refractivity contribution is 5.94. The number of carbonyl (C=O) groups excluding carboxylic acids is 2. The van der Waals surface area contributed by atoms with Crippen molar-refractivity contribution in [2.45, 2.75) is 57.7 Å². The Morgan fingerprint density at radius 3 is 2.86 bits per heavy atom. The fraction of sp³-hybridized carbons (Fsp3) is 0.692. The molecule has 8 heteroatoms. The molecule has 1 unspecified atom stereocenters. The average Bonchev–Trinajstić information content (AvgIpc) is 3.09. The molecular weight excluding hydrogens is 274 g/mol. The van der Waals surface area contributed by atoms with Crippen molar-refractivity contribution in [3.63, 3.8) is 0 Å². The van der Waals surface area contributed by atoms with Crippen LogP contribution in [-0.4, -0.2) is 38.1 Å². The van der Waals surface area contributed by atoms with Crippen LogP contribution in [-0.2, 0) is 11.3 Å².